The van der Waals surface area contributed by atoms with E-state index in [0.717, 1.165) is 17.3 Å². The van der Waals surface area contributed by atoms with E-state index in [0.29, 0.717) is 5.75 Å². The molecule has 0 saturated heterocycles. The number of rotatable bonds is 2. The Balaban J connectivity index is 2.74. The minimum atomic E-state index is 0.160. The molecular formula is C12H13NO2. The normalized spacial score (nSPS) is 10.5. The third-order valence-corrected chi connectivity index (χ3v) is 2.51. The van der Waals surface area contributed by atoms with E-state index in [-0.39, 0.29) is 5.75 Å². The van der Waals surface area contributed by atoms with Crippen molar-refractivity contribution < 1.29 is 9.84 Å². The van der Waals surface area contributed by atoms with Crippen LogP contribution in [0.3, 0.4) is 0 Å². The van der Waals surface area contributed by atoms with Crippen LogP contribution in [0, 0.1) is 0 Å². The van der Waals surface area contributed by atoms with Crippen molar-refractivity contribution >= 4 is 10.9 Å². The van der Waals surface area contributed by atoms with Crippen LogP contribution in [0.2, 0.25) is 0 Å². The number of hydrogen-bond donors (Lipinski definition) is 1. The van der Waals surface area contributed by atoms with Gasteiger partial charge in [0, 0.05) is 17.6 Å². The largest absolute Gasteiger partial charge is 0.504 e. The number of aromatic nitrogens is 1. The molecule has 0 fully saturated rings. The number of pyridine rings is 1. The first-order valence-corrected chi connectivity index (χ1v) is 4.91. The van der Waals surface area contributed by atoms with Crippen LogP contribution in [0.1, 0.15) is 12.5 Å². The van der Waals surface area contributed by atoms with Gasteiger partial charge < -0.3 is 9.84 Å². The Kier molecular flexibility index (Phi) is 2.46. The van der Waals surface area contributed by atoms with Crippen LogP contribution in [0.5, 0.6) is 11.5 Å². The van der Waals surface area contributed by atoms with Gasteiger partial charge in [-0.1, -0.05) is 6.92 Å². The zero-order chi connectivity index (χ0) is 10.8. The van der Waals surface area contributed by atoms with Crippen LogP contribution >= 0.6 is 0 Å². The summed E-state index contributed by atoms with van der Waals surface area (Å²) in [7, 11) is 1.53. The molecular weight excluding hydrogens is 190 g/mol. The lowest BCUT2D eigenvalue weighted by atomic mass is 10.1. The molecule has 0 aliphatic rings. The Bertz CT molecular complexity index is 494. The Morgan fingerprint density at radius 1 is 1.40 bits per heavy atom. The summed E-state index contributed by atoms with van der Waals surface area (Å²) < 4.78 is 5.04. The Morgan fingerprint density at radius 3 is 2.87 bits per heavy atom. The molecule has 0 saturated carbocycles. The summed E-state index contributed by atoms with van der Waals surface area (Å²) in [5.74, 6) is 0.621. The first-order valence-electron chi connectivity index (χ1n) is 4.91. The van der Waals surface area contributed by atoms with E-state index in [1.165, 1.54) is 12.7 Å². The van der Waals surface area contributed by atoms with Gasteiger partial charge >= 0.3 is 0 Å². The Hall–Kier alpha value is -1.77. The van der Waals surface area contributed by atoms with Gasteiger partial charge in [0.2, 0.25) is 0 Å². The Morgan fingerprint density at radius 2 is 2.20 bits per heavy atom. The van der Waals surface area contributed by atoms with Gasteiger partial charge in [-0.3, -0.25) is 4.98 Å². The van der Waals surface area contributed by atoms with E-state index in [1.807, 2.05) is 6.07 Å². The fraction of sp³-hybridized carbons (Fsp3) is 0.250. The number of phenols is 1. The summed E-state index contributed by atoms with van der Waals surface area (Å²) in [6.07, 6.45) is 2.70. The highest BCUT2D eigenvalue weighted by atomic mass is 16.5. The summed E-state index contributed by atoms with van der Waals surface area (Å²) in [5.41, 5.74) is 2.03. The van der Waals surface area contributed by atoms with Crippen LogP contribution < -0.4 is 4.74 Å². The molecule has 0 amide bonds. The minimum Gasteiger partial charge on any atom is -0.504 e. The molecule has 0 bridgehead atoms. The quantitative estimate of drug-likeness (QED) is 0.815. The highest BCUT2D eigenvalue weighted by Crippen LogP contribution is 2.31. The maximum Gasteiger partial charge on any atom is 0.162 e. The molecule has 0 radical (unpaired) electrons. The van der Waals surface area contributed by atoms with Gasteiger partial charge in [0.1, 0.15) is 0 Å². The molecule has 0 aliphatic carbocycles. The molecule has 1 aromatic heterocycles. The third kappa shape index (κ3) is 1.61. The number of phenolic OH excluding ortho intramolecular Hbond substituents is 1. The van der Waals surface area contributed by atoms with Crippen LogP contribution in [0.25, 0.3) is 10.9 Å². The fourth-order valence-electron chi connectivity index (χ4n) is 1.69. The second-order valence-electron chi connectivity index (χ2n) is 3.36. The number of fused-ring (bicyclic) bond motifs is 1. The van der Waals surface area contributed by atoms with E-state index >= 15 is 0 Å². The van der Waals surface area contributed by atoms with Crippen molar-refractivity contribution in [3.63, 3.8) is 0 Å². The summed E-state index contributed by atoms with van der Waals surface area (Å²) in [4.78, 5) is 4.25. The van der Waals surface area contributed by atoms with Gasteiger partial charge in [0.25, 0.3) is 0 Å². The van der Waals surface area contributed by atoms with Gasteiger partial charge in [-0.05, 0) is 24.1 Å². The maximum absolute atomic E-state index is 9.68. The number of nitrogens with zero attached hydrogens (tertiary/aromatic N) is 1. The molecule has 1 heterocycles. The number of methoxy groups -OCH3 is 1. The zero-order valence-corrected chi connectivity index (χ0v) is 8.82. The van der Waals surface area contributed by atoms with Crippen LogP contribution in [0.4, 0.5) is 0 Å². The molecule has 1 N–H and O–H groups in total. The molecule has 15 heavy (non-hydrogen) atoms. The van der Waals surface area contributed by atoms with Gasteiger partial charge in [-0.2, -0.15) is 0 Å². The first kappa shape index (κ1) is 9.77. The average molecular weight is 203 g/mol. The molecule has 78 valence electrons. The van der Waals surface area contributed by atoms with Gasteiger partial charge in [-0.15, -0.1) is 0 Å². The first-order chi connectivity index (χ1) is 7.26. The van der Waals surface area contributed by atoms with E-state index in [4.69, 9.17) is 4.74 Å². The number of aromatic hydroxyl groups is 1. The topological polar surface area (TPSA) is 42.4 Å². The lowest BCUT2D eigenvalue weighted by Gasteiger charge is -2.07. The predicted octanol–water partition coefficient (Wildman–Crippen LogP) is 2.51. The van der Waals surface area contributed by atoms with Crippen molar-refractivity contribution in [2.45, 2.75) is 13.3 Å². The van der Waals surface area contributed by atoms with Crippen LogP contribution in [-0.4, -0.2) is 17.2 Å². The molecule has 0 aliphatic heterocycles. The van der Waals surface area contributed by atoms with Crippen molar-refractivity contribution in [3.05, 3.63) is 30.0 Å². The zero-order valence-electron chi connectivity index (χ0n) is 8.82. The molecule has 2 aromatic rings. The molecule has 3 heteroatoms. The van der Waals surface area contributed by atoms with Crippen molar-refractivity contribution in [2.75, 3.05) is 7.11 Å². The van der Waals surface area contributed by atoms with Crippen molar-refractivity contribution in [2.24, 2.45) is 0 Å². The molecule has 0 unspecified atom stereocenters. The number of benzene rings is 1. The molecule has 2 rings (SSSR count). The third-order valence-electron chi connectivity index (χ3n) is 2.51. The monoisotopic (exact) mass is 203 g/mol. The standard InChI is InChI=1S/C12H13NO2/c1-3-8-4-5-13-10-7-12(15-2)11(14)6-9(8)10/h4-7,14H,3H2,1-2H3. The second kappa shape index (κ2) is 3.77. The summed E-state index contributed by atoms with van der Waals surface area (Å²) in [6, 6.07) is 5.43. The van der Waals surface area contributed by atoms with E-state index in [2.05, 4.69) is 11.9 Å². The highest BCUT2D eigenvalue weighted by Gasteiger charge is 2.06. The highest BCUT2D eigenvalue weighted by molar-refractivity contribution is 5.85. The van der Waals surface area contributed by atoms with E-state index in [9.17, 15) is 5.11 Å². The summed E-state index contributed by atoms with van der Waals surface area (Å²) in [5, 5.41) is 10.7. The molecule has 1 aromatic carbocycles. The predicted molar refractivity (Wildman–Crippen MR) is 59.3 cm³/mol. The van der Waals surface area contributed by atoms with E-state index < -0.39 is 0 Å². The summed E-state index contributed by atoms with van der Waals surface area (Å²) >= 11 is 0. The maximum atomic E-state index is 9.68. The lowest BCUT2D eigenvalue weighted by molar-refractivity contribution is 0.374. The minimum absolute atomic E-state index is 0.160. The molecule has 0 atom stereocenters. The SMILES string of the molecule is CCc1ccnc2cc(OC)c(O)cc12. The second-order valence-corrected chi connectivity index (χ2v) is 3.36. The van der Waals surface area contributed by atoms with E-state index in [1.54, 1.807) is 18.3 Å². The fourth-order valence-corrected chi connectivity index (χ4v) is 1.69. The molecule has 0 spiro atoms. The van der Waals surface area contributed by atoms with Crippen molar-refractivity contribution in [1.29, 1.82) is 0 Å². The van der Waals surface area contributed by atoms with Gasteiger partial charge in [-0.25, -0.2) is 0 Å². The molecule has 3 nitrogen and oxygen atoms in total. The van der Waals surface area contributed by atoms with Gasteiger partial charge in [0.05, 0.1) is 12.6 Å². The summed E-state index contributed by atoms with van der Waals surface area (Å²) in [6.45, 7) is 2.08. The average Bonchev–Trinajstić information content (AvgIpc) is 2.27. The number of aryl methyl sites for hydroxylation is 1. The van der Waals surface area contributed by atoms with Crippen molar-refractivity contribution in [3.8, 4) is 11.5 Å². The van der Waals surface area contributed by atoms with Crippen molar-refractivity contribution in [1.82, 2.24) is 4.98 Å². The van der Waals surface area contributed by atoms with Crippen LogP contribution in [-0.2, 0) is 6.42 Å². The van der Waals surface area contributed by atoms with Crippen LogP contribution in [0.15, 0.2) is 24.4 Å². The lowest BCUT2D eigenvalue weighted by Crippen LogP contribution is -1.89. The van der Waals surface area contributed by atoms with Gasteiger partial charge in [0.15, 0.2) is 11.5 Å². The number of hydrogen-bond acceptors (Lipinski definition) is 3. The number of ether oxygens (including phenoxy) is 1. The smallest absolute Gasteiger partial charge is 0.162 e. The Labute approximate surface area is 88.3 Å².